The first kappa shape index (κ1) is 17.8. The normalized spacial score (nSPS) is 12.4. The van der Waals surface area contributed by atoms with Crippen LogP contribution in [0.25, 0.3) is 33.0 Å². The highest BCUT2D eigenvalue weighted by molar-refractivity contribution is 7.99. The number of aromatic nitrogens is 5. The van der Waals surface area contributed by atoms with E-state index in [1.807, 2.05) is 18.4 Å². The van der Waals surface area contributed by atoms with Crippen molar-refractivity contribution in [2.75, 3.05) is 0 Å². The lowest BCUT2D eigenvalue weighted by Gasteiger charge is -2.07. The lowest BCUT2D eigenvalue weighted by Crippen LogP contribution is -2.12. The maximum absolute atomic E-state index is 12.7. The summed E-state index contributed by atoms with van der Waals surface area (Å²) >= 11 is 2.74. The van der Waals surface area contributed by atoms with Gasteiger partial charge in [-0.05, 0) is 31.2 Å². The first-order chi connectivity index (χ1) is 14.2. The molecule has 0 aromatic carbocycles. The van der Waals surface area contributed by atoms with Crippen molar-refractivity contribution in [1.82, 2.24) is 25.1 Å². The standard InChI is InChI=1S/C19H13N5O3S2/c1-10(29-19-24-23-17(27-19)11-4-6-20-7-5-11)15-21-16(25)14-12(9-28-18(14)22-15)13-3-2-8-26-13/h2-10H,1H3,(H,21,22,25). The van der Waals surface area contributed by atoms with Gasteiger partial charge in [0.2, 0.25) is 5.89 Å². The zero-order valence-corrected chi connectivity index (χ0v) is 16.7. The van der Waals surface area contributed by atoms with Gasteiger partial charge in [-0.1, -0.05) is 11.8 Å². The Morgan fingerprint density at radius 1 is 1.21 bits per heavy atom. The molecule has 0 radical (unpaired) electrons. The zero-order chi connectivity index (χ0) is 19.8. The second kappa shape index (κ2) is 7.30. The second-order valence-electron chi connectivity index (χ2n) is 6.13. The van der Waals surface area contributed by atoms with Gasteiger partial charge in [0.05, 0.1) is 16.9 Å². The van der Waals surface area contributed by atoms with Crippen molar-refractivity contribution in [2.24, 2.45) is 0 Å². The summed E-state index contributed by atoms with van der Waals surface area (Å²) in [4.78, 5) is 24.9. The van der Waals surface area contributed by atoms with E-state index < -0.39 is 0 Å². The molecule has 0 aliphatic rings. The molecule has 1 atom stereocenters. The van der Waals surface area contributed by atoms with Crippen LogP contribution in [0.2, 0.25) is 0 Å². The summed E-state index contributed by atoms with van der Waals surface area (Å²) in [5.74, 6) is 1.61. The maximum Gasteiger partial charge on any atom is 0.277 e. The van der Waals surface area contributed by atoms with Crippen molar-refractivity contribution in [3.63, 3.8) is 0 Å². The predicted octanol–water partition coefficient (Wildman–Crippen LogP) is 4.54. The Kier molecular flexibility index (Phi) is 4.49. The van der Waals surface area contributed by atoms with E-state index in [1.54, 1.807) is 36.9 Å². The van der Waals surface area contributed by atoms with Crippen molar-refractivity contribution in [1.29, 1.82) is 0 Å². The predicted molar refractivity (Wildman–Crippen MR) is 110 cm³/mol. The van der Waals surface area contributed by atoms with Gasteiger partial charge in [-0.25, -0.2) is 4.98 Å². The molecule has 0 amide bonds. The van der Waals surface area contributed by atoms with Crippen molar-refractivity contribution in [3.8, 4) is 22.8 Å². The molecule has 0 fully saturated rings. The van der Waals surface area contributed by atoms with E-state index in [1.165, 1.54) is 23.1 Å². The van der Waals surface area contributed by atoms with Gasteiger partial charge in [0, 0.05) is 28.9 Å². The number of pyridine rings is 1. The van der Waals surface area contributed by atoms with Crippen LogP contribution in [-0.2, 0) is 0 Å². The number of thiophene rings is 1. The van der Waals surface area contributed by atoms with Gasteiger partial charge < -0.3 is 13.8 Å². The smallest absolute Gasteiger partial charge is 0.277 e. The van der Waals surface area contributed by atoms with Crippen molar-refractivity contribution >= 4 is 33.3 Å². The molecule has 144 valence electrons. The molecule has 0 saturated heterocycles. The van der Waals surface area contributed by atoms with Gasteiger partial charge in [-0.2, -0.15) is 0 Å². The van der Waals surface area contributed by atoms with E-state index in [0.29, 0.717) is 32.9 Å². The summed E-state index contributed by atoms with van der Waals surface area (Å²) in [5, 5.41) is 10.8. The first-order valence-electron chi connectivity index (χ1n) is 8.65. The SMILES string of the molecule is CC(Sc1nnc(-c2ccncc2)o1)c1nc2scc(-c3ccco3)c2c(=O)[nH]1. The lowest BCUT2D eigenvalue weighted by atomic mass is 10.2. The Morgan fingerprint density at radius 3 is 2.86 bits per heavy atom. The van der Waals surface area contributed by atoms with E-state index in [9.17, 15) is 4.79 Å². The van der Waals surface area contributed by atoms with Crippen molar-refractivity contribution in [2.45, 2.75) is 17.4 Å². The third-order valence-electron chi connectivity index (χ3n) is 4.25. The Labute approximate surface area is 172 Å². The van der Waals surface area contributed by atoms with Gasteiger partial charge in [0.15, 0.2) is 0 Å². The summed E-state index contributed by atoms with van der Waals surface area (Å²) in [6, 6.07) is 7.21. The van der Waals surface area contributed by atoms with Crippen LogP contribution in [0, 0.1) is 0 Å². The average molecular weight is 423 g/mol. The molecule has 0 saturated carbocycles. The molecule has 8 nitrogen and oxygen atoms in total. The number of thioether (sulfide) groups is 1. The number of hydrogen-bond acceptors (Lipinski definition) is 9. The van der Waals surface area contributed by atoms with Gasteiger partial charge >= 0.3 is 0 Å². The Balaban J connectivity index is 1.42. The number of nitrogens with one attached hydrogen (secondary N) is 1. The molecule has 10 heteroatoms. The van der Waals surface area contributed by atoms with Crippen LogP contribution in [-0.4, -0.2) is 25.1 Å². The van der Waals surface area contributed by atoms with Crippen LogP contribution >= 0.6 is 23.1 Å². The maximum atomic E-state index is 12.7. The van der Waals surface area contributed by atoms with E-state index in [-0.39, 0.29) is 10.8 Å². The van der Waals surface area contributed by atoms with Crippen LogP contribution < -0.4 is 5.56 Å². The average Bonchev–Trinajstić information content (AvgIpc) is 3.49. The largest absolute Gasteiger partial charge is 0.464 e. The van der Waals surface area contributed by atoms with Gasteiger partial charge in [-0.3, -0.25) is 9.78 Å². The van der Waals surface area contributed by atoms with Crippen LogP contribution in [0.5, 0.6) is 0 Å². The van der Waals surface area contributed by atoms with Gasteiger partial charge in [-0.15, -0.1) is 21.5 Å². The molecular weight excluding hydrogens is 410 g/mol. The minimum absolute atomic E-state index is 0.188. The van der Waals surface area contributed by atoms with E-state index >= 15 is 0 Å². The highest BCUT2D eigenvalue weighted by Crippen LogP contribution is 2.35. The van der Waals surface area contributed by atoms with Crippen LogP contribution in [0.4, 0.5) is 0 Å². The Bertz CT molecular complexity index is 1330. The molecule has 0 aliphatic carbocycles. The molecule has 5 aromatic rings. The molecular formula is C19H13N5O3S2. The molecule has 0 spiro atoms. The number of hydrogen-bond donors (Lipinski definition) is 1. The topological polar surface area (TPSA) is 111 Å². The fraction of sp³-hybridized carbons (Fsp3) is 0.105. The first-order valence-corrected chi connectivity index (χ1v) is 10.4. The molecule has 1 unspecified atom stereocenters. The number of aromatic amines is 1. The van der Waals surface area contributed by atoms with E-state index in [4.69, 9.17) is 8.83 Å². The molecule has 5 rings (SSSR count). The van der Waals surface area contributed by atoms with E-state index in [0.717, 1.165) is 11.1 Å². The summed E-state index contributed by atoms with van der Waals surface area (Å²) in [6.45, 7) is 1.92. The molecule has 1 N–H and O–H groups in total. The lowest BCUT2D eigenvalue weighted by molar-refractivity contribution is 0.465. The van der Waals surface area contributed by atoms with Crippen LogP contribution in [0.1, 0.15) is 18.0 Å². The number of nitrogens with zero attached hydrogens (tertiary/aromatic N) is 4. The summed E-state index contributed by atoms with van der Waals surface area (Å²) in [7, 11) is 0. The fourth-order valence-electron chi connectivity index (χ4n) is 2.85. The van der Waals surface area contributed by atoms with Crippen LogP contribution in [0.3, 0.4) is 0 Å². The number of furan rings is 1. The quantitative estimate of drug-likeness (QED) is 0.410. The summed E-state index contributed by atoms with van der Waals surface area (Å²) < 4.78 is 11.1. The minimum Gasteiger partial charge on any atom is -0.464 e. The molecule has 29 heavy (non-hydrogen) atoms. The highest BCUT2D eigenvalue weighted by atomic mass is 32.2. The monoisotopic (exact) mass is 423 g/mol. The molecule has 0 bridgehead atoms. The Hall–Kier alpha value is -3.24. The fourth-order valence-corrected chi connectivity index (χ4v) is 4.52. The summed E-state index contributed by atoms with van der Waals surface area (Å²) in [6.07, 6.45) is 4.91. The van der Waals surface area contributed by atoms with E-state index in [2.05, 4.69) is 25.1 Å². The van der Waals surface area contributed by atoms with Crippen LogP contribution in [0.15, 0.2) is 67.2 Å². The molecule has 5 aromatic heterocycles. The van der Waals surface area contributed by atoms with Gasteiger partial charge in [0.25, 0.3) is 10.8 Å². The van der Waals surface area contributed by atoms with Crippen molar-refractivity contribution in [3.05, 3.63) is 64.5 Å². The van der Waals surface area contributed by atoms with Crippen molar-refractivity contribution < 1.29 is 8.83 Å². The molecule has 0 aliphatic heterocycles. The molecule has 5 heterocycles. The Morgan fingerprint density at radius 2 is 2.07 bits per heavy atom. The number of rotatable bonds is 5. The minimum atomic E-state index is -0.201. The third kappa shape index (κ3) is 3.36. The van der Waals surface area contributed by atoms with Gasteiger partial charge in [0.1, 0.15) is 16.4 Å². The summed E-state index contributed by atoms with van der Waals surface area (Å²) in [5.41, 5.74) is 1.34. The zero-order valence-electron chi connectivity index (χ0n) is 15.0. The highest BCUT2D eigenvalue weighted by Gasteiger charge is 2.19. The number of fused-ring (bicyclic) bond motifs is 1. The number of H-pyrrole nitrogens is 1. The second-order valence-corrected chi connectivity index (χ2v) is 8.28. The third-order valence-corrected chi connectivity index (χ3v) is 6.06.